The van der Waals surface area contributed by atoms with E-state index in [1.165, 1.54) is 6.20 Å². The summed E-state index contributed by atoms with van der Waals surface area (Å²) in [5.74, 6) is 2.19. The van der Waals surface area contributed by atoms with E-state index in [9.17, 15) is 4.79 Å². The van der Waals surface area contributed by atoms with E-state index in [4.69, 9.17) is 4.52 Å². The minimum Gasteiger partial charge on any atom is -0.356 e. The van der Waals surface area contributed by atoms with Gasteiger partial charge in [0.25, 0.3) is 5.91 Å². The quantitative estimate of drug-likeness (QED) is 0.831. The van der Waals surface area contributed by atoms with Crippen LogP contribution in [0, 0.1) is 11.8 Å². The molecule has 2 saturated heterocycles. The number of fused-ring (bicyclic) bond motifs is 1. The van der Waals surface area contributed by atoms with Crippen LogP contribution in [0.25, 0.3) is 0 Å². The van der Waals surface area contributed by atoms with Crippen molar-refractivity contribution in [3.63, 3.8) is 0 Å². The van der Waals surface area contributed by atoms with Gasteiger partial charge in [0.2, 0.25) is 5.76 Å². The van der Waals surface area contributed by atoms with Crippen molar-refractivity contribution in [1.82, 2.24) is 20.0 Å². The summed E-state index contributed by atoms with van der Waals surface area (Å²) in [4.78, 5) is 25.5. The Morgan fingerprint density at radius 2 is 1.88 bits per heavy atom. The molecule has 0 aliphatic carbocycles. The van der Waals surface area contributed by atoms with Gasteiger partial charge in [-0.05, 0) is 0 Å². The Balaban J connectivity index is 1.44. The van der Waals surface area contributed by atoms with Crippen LogP contribution in [0.2, 0.25) is 0 Å². The predicted molar refractivity (Wildman–Crippen MR) is 92.3 cm³/mol. The lowest BCUT2D eigenvalue weighted by Crippen LogP contribution is -2.33. The zero-order chi connectivity index (χ0) is 17.6. The van der Waals surface area contributed by atoms with Gasteiger partial charge in [-0.1, -0.05) is 25.9 Å². The van der Waals surface area contributed by atoms with E-state index in [1.807, 2.05) is 4.90 Å². The van der Waals surface area contributed by atoms with Crippen molar-refractivity contribution in [2.24, 2.45) is 11.8 Å². The van der Waals surface area contributed by atoms with Crippen LogP contribution in [0.1, 0.15) is 37.0 Å². The lowest BCUT2D eigenvalue weighted by Gasteiger charge is -2.24. The van der Waals surface area contributed by atoms with Crippen LogP contribution in [0.4, 0.5) is 5.82 Å². The fourth-order valence-corrected chi connectivity index (χ4v) is 3.76. The third-order valence-corrected chi connectivity index (χ3v) is 5.17. The predicted octanol–water partition coefficient (Wildman–Crippen LogP) is 1.97. The summed E-state index contributed by atoms with van der Waals surface area (Å²) < 4.78 is 5.00. The van der Waals surface area contributed by atoms with Crippen molar-refractivity contribution in [2.45, 2.75) is 26.2 Å². The third kappa shape index (κ3) is 2.99. The normalized spacial score (nSPS) is 23.2. The molecule has 0 N–H and O–H groups in total. The summed E-state index contributed by atoms with van der Waals surface area (Å²) in [7, 11) is 0. The van der Waals surface area contributed by atoms with Gasteiger partial charge in [0, 0.05) is 55.6 Å². The molecular weight excluding hydrogens is 318 g/mol. The number of carbonyl (C=O) groups excluding carboxylic acids is 1. The monoisotopic (exact) mass is 341 g/mol. The zero-order valence-electron chi connectivity index (χ0n) is 14.8. The van der Waals surface area contributed by atoms with Gasteiger partial charge >= 0.3 is 0 Å². The maximum Gasteiger partial charge on any atom is 0.292 e. The Labute approximate surface area is 147 Å². The summed E-state index contributed by atoms with van der Waals surface area (Å²) in [5.41, 5.74) is 1.06. The number of aromatic nitrogens is 3. The minimum absolute atomic E-state index is 0.00752. The molecule has 0 radical (unpaired) electrons. The molecule has 4 heterocycles. The molecule has 0 saturated carbocycles. The molecule has 132 valence electrons. The first-order valence-electron chi connectivity index (χ1n) is 8.69. The maximum atomic E-state index is 12.4. The average molecular weight is 341 g/mol. The summed E-state index contributed by atoms with van der Waals surface area (Å²) in [6, 6.07) is 3.72. The molecule has 2 atom stereocenters. The first-order valence-corrected chi connectivity index (χ1v) is 8.69. The van der Waals surface area contributed by atoms with Crippen LogP contribution < -0.4 is 4.90 Å². The lowest BCUT2D eigenvalue weighted by atomic mass is 9.92. The zero-order valence-corrected chi connectivity index (χ0v) is 14.8. The van der Waals surface area contributed by atoms with E-state index in [0.717, 1.165) is 37.7 Å². The Hall–Kier alpha value is -2.44. The van der Waals surface area contributed by atoms with Crippen molar-refractivity contribution in [3.05, 3.63) is 36.1 Å². The van der Waals surface area contributed by atoms with Gasteiger partial charge in [0.15, 0.2) is 0 Å². The van der Waals surface area contributed by atoms with Gasteiger partial charge in [0.05, 0.1) is 11.9 Å². The van der Waals surface area contributed by atoms with Gasteiger partial charge in [-0.15, -0.1) is 0 Å². The van der Waals surface area contributed by atoms with E-state index in [1.54, 1.807) is 12.4 Å². The highest BCUT2D eigenvalue weighted by Gasteiger charge is 2.42. The Morgan fingerprint density at radius 3 is 2.48 bits per heavy atom. The second-order valence-corrected chi connectivity index (χ2v) is 8.02. The molecule has 25 heavy (non-hydrogen) atoms. The molecule has 0 aromatic carbocycles. The van der Waals surface area contributed by atoms with Gasteiger partial charge in [0.1, 0.15) is 12.1 Å². The fraction of sp³-hybridized carbons (Fsp3) is 0.556. The number of hydrogen-bond acceptors (Lipinski definition) is 6. The fourth-order valence-electron chi connectivity index (χ4n) is 3.76. The van der Waals surface area contributed by atoms with Crippen LogP contribution in [0.3, 0.4) is 0 Å². The van der Waals surface area contributed by atoms with E-state index in [0.29, 0.717) is 17.6 Å². The Kier molecular flexibility index (Phi) is 3.74. The molecule has 2 aromatic heterocycles. The van der Waals surface area contributed by atoms with Crippen LogP contribution in [0.15, 0.2) is 29.2 Å². The second kappa shape index (κ2) is 5.82. The molecule has 2 aromatic rings. The van der Waals surface area contributed by atoms with Gasteiger partial charge in [-0.3, -0.25) is 4.79 Å². The second-order valence-electron chi connectivity index (χ2n) is 8.02. The van der Waals surface area contributed by atoms with Crippen molar-refractivity contribution in [1.29, 1.82) is 0 Å². The van der Waals surface area contributed by atoms with Gasteiger partial charge in [-0.2, -0.15) is 0 Å². The molecule has 2 fully saturated rings. The summed E-state index contributed by atoms with van der Waals surface area (Å²) in [6.45, 7) is 9.84. The topological polar surface area (TPSA) is 75.4 Å². The molecule has 2 unspecified atom stereocenters. The average Bonchev–Trinajstić information content (AvgIpc) is 3.29. The number of rotatable bonds is 2. The van der Waals surface area contributed by atoms with Crippen molar-refractivity contribution >= 4 is 11.7 Å². The first-order chi connectivity index (χ1) is 11.9. The van der Waals surface area contributed by atoms with E-state index < -0.39 is 0 Å². The maximum absolute atomic E-state index is 12.4. The number of likely N-dealkylation sites (tertiary alicyclic amines) is 1. The molecule has 2 aliphatic heterocycles. The minimum atomic E-state index is -0.0597. The van der Waals surface area contributed by atoms with Crippen LogP contribution >= 0.6 is 0 Å². The highest BCUT2D eigenvalue weighted by molar-refractivity contribution is 5.91. The first kappa shape index (κ1) is 16.1. The molecular formula is C18H23N5O2. The molecule has 7 heteroatoms. The van der Waals surface area contributed by atoms with E-state index >= 15 is 0 Å². The van der Waals surface area contributed by atoms with Crippen LogP contribution in [0.5, 0.6) is 0 Å². The molecule has 0 bridgehead atoms. The molecule has 0 spiro atoms. The molecule has 7 nitrogen and oxygen atoms in total. The third-order valence-electron chi connectivity index (χ3n) is 5.17. The number of amides is 1. The molecule has 4 rings (SSSR count). The van der Waals surface area contributed by atoms with Crippen LogP contribution in [-0.4, -0.2) is 52.1 Å². The highest BCUT2D eigenvalue weighted by atomic mass is 16.5. The number of hydrogen-bond donors (Lipinski definition) is 0. The smallest absolute Gasteiger partial charge is 0.292 e. The van der Waals surface area contributed by atoms with Crippen molar-refractivity contribution < 1.29 is 9.32 Å². The largest absolute Gasteiger partial charge is 0.356 e. The highest BCUT2D eigenvalue weighted by Crippen LogP contribution is 2.34. The Bertz CT molecular complexity index is 754. The summed E-state index contributed by atoms with van der Waals surface area (Å²) in [6.07, 6.45) is 3.16. The van der Waals surface area contributed by atoms with E-state index in [2.05, 4.69) is 46.9 Å². The van der Waals surface area contributed by atoms with Gasteiger partial charge in [-0.25, -0.2) is 9.97 Å². The summed E-state index contributed by atoms with van der Waals surface area (Å²) in [5, 5.41) is 3.62. The standard InChI is InChI=1S/C18H23N5O2/c1-18(2,3)15-6-16(20-11-19-15)22-7-12-9-23(10-13(12)8-22)17(24)14-4-5-21-25-14/h4-6,11-13H,7-10H2,1-3H3. The SMILES string of the molecule is CC(C)(C)c1cc(N2CC3CN(C(=O)c4ccno4)CC3C2)ncn1. The van der Waals surface area contributed by atoms with E-state index in [-0.39, 0.29) is 11.3 Å². The number of nitrogens with zero attached hydrogens (tertiary/aromatic N) is 5. The number of anilines is 1. The van der Waals surface area contributed by atoms with Crippen LogP contribution in [-0.2, 0) is 5.41 Å². The van der Waals surface area contributed by atoms with Gasteiger partial charge < -0.3 is 14.3 Å². The molecule has 1 amide bonds. The summed E-state index contributed by atoms with van der Waals surface area (Å²) >= 11 is 0. The molecule has 2 aliphatic rings. The van der Waals surface area contributed by atoms with Crippen molar-refractivity contribution in [2.75, 3.05) is 31.1 Å². The lowest BCUT2D eigenvalue weighted by molar-refractivity contribution is 0.0741. The number of carbonyl (C=O) groups is 1. The van der Waals surface area contributed by atoms with Crippen molar-refractivity contribution in [3.8, 4) is 0 Å². The Morgan fingerprint density at radius 1 is 1.16 bits per heavy atom.